The van der Waals surface area contributed by atoms with Gasteiger partial charge in [0.25, 0.3) is 0 Å². The van der Waals surface area contributed by atoms with Crippen molar-refractivity contribution in [2.75, 3.05) is 4.90 Å². The molecule has 10 aromatic rings. The van der Waals surface area contributed by atoms with Crippen LogP contribution in [0.1, 0.15) is 11.5 Å². The maximum absolute atomic E-state index is 6.58. The Morgan fingerprint density at radius 2 is 1.16 bits per heavy atom. The number of thioether (sulfide) groups is 1. The average Bonchev–Trinajstić information content (AvgIpc) is 3.84. The lowest BCUT2D eigenvalue weighted by Gasteiger charge is -2.30. The van der Waals surface area contributed by atoms with Crippen LogP contribution in [0, 0.1) is 0 Å². The lowest BCUT2D eigenvalue weighted by Crippen LogP contribution is -2.12. The average molecular weight is 746 g/mol. The zero-order chi connectivity index (χ0) is 37.5. The number of furan rings is 1. The number of hydrogen-bond acceptors (Lipinski definition) is 3. The normalized spacial score (nSPS) is 15.9. The molecular formula is C54H35NOS. The Labute approximate surface area is 335 Å². The van der Waals surface area contributed by atoms with Crippen LogP contribution >= 0.6 is 11.8 Å². The minimum Gasteiger partial charge on any atom is -0.456 e. The molecule has 2 nitrogen and oxygen atoms in total. The molecule has 1 aliphatic carbocycles. The Morgan fingerprint density at radius 3 is 2.07 bits per heavy atom. The van der Waals surface area contributed by atoms with E-state index >= 15 is 0 Å². The highest BCUT2D eigenvalue weighted by atomic mass is 32.2. The molecule has 0 bridgehead atoms. The monoisotopic (exact) mass is 745 g/mol. The fourth-order valence-electron chi connectivity index (χ4n) is 9.26. The highest BCUT2D eigenvalue weighted by Crippen LogP contribution is 2.55. The predicted molar refractivity (Wildman–Crippen MR) is 242 cm³/mol. The number of nitrogens with zero attached hydrogens (tertiary/aromatic N) is 1. The van der Waals surface area contributed by atoms with E-state index in [-0.39, 0.29) is 0 Å². The Kier molecular flexibility index (Phi) is 7.33. The molecule has 0 saturated heterocycles. The zero-order valence-corrected chi connectivity index (χ0v) is 31.8. The Balaban J connectivity index is 1.04. The highest BCUT2D eigenvalue weighted by molar-refractivity contribution is 8.00. The fourth-order valence-corrected chi connectivity index (χ4v) is 10.7. The smallest absolute Gasteiger partial charge is 0.136 e. The molecule has 0 spiro atoms. The minimum atomic E-state index is 0.361. The Morgan fingerprint density at radius 1 is 0.456 bits per heavy atom. The van der Waals surface area contributed by atoms with E-state index in [0.29, 0.717) is 11.2 Å². The fraction of sp³-hybridized carbons (Fsp3) is 0.0370. The van der Waals surface area contributed by atoms with Crippen molar-refractivity contribution < 1.29 is 4.42 Å². The van der Waals surface area contributed by atoms with Crippen LogP contribution in [-0.4, -0.2) is 5.25 Å². The SMILES string of the molecule is C1=CC2Sc3c(cccc3N(c3ccc(-c4ccc5c(ccc6ccccc65)c4)cc3)c3ccccc3-c3cccc4oc5cc6ccccc6cc5c34)C2C=C1. The van der Waals surface area contributed by atoms with Crippen LogP contribution in [0.4, 0.5) is 17.1 Å². The second-order valence-electron chi connectivity index (χ2n) is 15.2. The first kappa shape index (κ1) is 32.4. The summed E-state index contributed by atoms with van der Waals surface area (Å²) >= 11 is 1.98. The van der Waals surface area contributed by atoms with Crippen LogP contribution in [-0.2, 0) is 0 Å². The predicted octanol–water partition coefficient (Wildman–Crippen LogP) is 15.5. The maximum Gasteiger partial charge on any atom is 0.136 e. The van der Waals surface area contributed by atoms with Crippen LogP contribution in [0.15, 0.2) is 210 Å². The summed E-state index contributed by atoms with van der Waals surface area (Å²) in [5.74, 6) is 0.361. The summed E-state index contributed by atoms with van der Waals surface area (Å²) in [6.07, 6.45) is 9.11. The number of allylic oxidation sites excluding steroid dienone is 3. The maximum atomic E-state index is 6.58. The van der Waals surface area contributed by atoms with E-state index in [1.54, 1.807) is 0 Å². The van der Waals surface area contributed by atoms with E-state index < -0.39 is 0 Å². The van der Waals surface area contributed by atoms with Gasteiger partial charge in [-0.15, -0.1) is 11.8 Å². The first-order chi connectivity index (χ1) is 28.2. The Bertz CT molecular complexity index is 3300. The summed E-state index contributed by atoms with van der Waals surface area (Å²) in [5, 5.41) is 10.1. The topological polar surface area (TPSA) is 16.4 Å². The number of hydrogen-bond donors (Lipinski definition) is 0. The van der Waals surface area contributed by atoms with E-state index in [9.17, 15) is 0 Å². The van der Waals surface area contributed by atoms with Crippen molar-refractivity contribution in [2.24, 2.45) is 0 Å². The van der Waals surface area contributed by atoms with E-state index in [0.717, 1.165) is 44.4 Å². The first-order valence-corrected chi connectivity index (χ1v) is 20.5. The zero-order valence-electron chi connectivity index (χ0n) is 31.0. The van der Waals surface area contributed by atoms with Crippen LogP contribution in [0.3, 0.4) is 0 Å². The molecule has 3 heteroatoms. The quantitative estimate of drug-likeness (QED) is 0.163. The van der Waals surface area contributed by atoms with Crippen molar-refractivity contribution in [1.29, 1.82) is 0 Å². The van der Waals surface area contributed by atoms with Crippen molar-refractivity contribution in [3.8, 4) is 22.3 Å². The molecule has 268 valence electrons. The molecule has 2 aliphatic rings. The molecule has 2 heterocycles. The van der Waals surface area contributed by atoms with Crippen LogP contribution in [0.5, 0.6) is 0 Å². The van der Waals surface area contributed by atoms with Crippen molar-refractivity contribution in [2.45, 2.75) is 16.1 Å². The third-order valence-corrected chi connectivity index (χ3v) is 13.4. The van der Waals surface area contributed by atoms with E-state index in [1.807, 2.05) is 11.8 Å². The van der Waals surface area contributed by atoms with Gasteiger partial charge in [0.15, 0.2) is 0 Å². The molecule has 57 heavy (non-hydrogen) atoms. The van der Waals surface area contributed by atoms with Gasteiger partial charge in [-0.3, -0.25) is 0 Å². The van der Waals surface area contributed by atoms with Gasteiger partial charge >= 0.3 is 0 Å². The largest absolute Gasteiger partial charge is 0.456 e. The van der Waals surface area contributed by atoms with Gasteiger partial charge in [0.1, 0.15) is 11.2 Å². The molecule has 1 aromatic heterocycles. The van der Waals surface area contributed by atoms with Crippen LogP contribution in [0.25, 0.3) is 76.5 Å². The van der Waals surface area contributed by atoms with Crippen LogP contribution < -0.4 is 4.90 Å². The lowest BCUT2D eigenvalue weighted by atomic mass is 9.92. The third-order valence-electron chi connectivity index (χ3n) is 12.0. The molecule has 0 fully saturated rings. The number of anilines is 3. The van der Waals surface area contributed by atoms with Crippen molar-refractivity contribution in [3.63, 3.8) is 0 Å². The molecule has 0 radical (unpaired) electrons. The Hall–Kier alpha value is -6.81. The highest BCUT2D eigenvalue weighted by Gasteiger charge is 2.34. The van der Waals surface area contributed by atoms with Crippen molar-refractivity contribution in [1.82, 2.24) is 0 Å². The molecular weight excluding hydrogens is 711 g/mol. The van der Waals surface area contributed by atoms with Gasteiger partial charge in [-0.2, -0.15) is 0 Å². The van der Waals surface area contributed by atoms with Gasteiger partial charge in [-0.25, -0.2) is 0 Å². The lowest BCUT2D eigenvalue weighted by molar-refractivity contribution is 0.669. The van der Waals surface area contributed by atoms with Gasteiger partial charge in [0.2, 0.25) is 0 Å². The van der Waals surface area contributed by atoms with Gasteiger partial charge in [0, 0.05) is 38.1 Å². The molecule has 12 rings (SSSR count). The molecule has 2 unspecified atom stereocenters. The summed E-state index contributed by atoms with van der Waals surface area (Å²) in [5.41, 5.74) is 11.3. The van der Waals surface area contributed by atoms with E-state index in [4.69, 9.17) is 4.42 Å². The molecule has 2 atom stereocenters. The minimum absolute atomic E-state index is 0.361. The number of rotatable bonds is 5. The second kappa shape index (κ2) is 12.9. The summed E-state index contributed by atoms with van der Waals surface area (Å²) in [7, 11) is 0. The number of benzene rings is 9. The van der Waals surface area contributed by atoms with Gasteiger partial charge in [0.05, 0.1) is 11.4 Å². The molecule has 0 amide bonds. The van der Waals surface area contributed by atoms with Crippen molar-refractivity contribution in [3.05, 3.63) is 206 Å². The molecule has 9 aromatic carbocycles. The standard InChI is InChI=1S/C54H35NOS/c1-2-13-37-33-51-47(32-36(37)12-1)53-45(17-10-21-50(53)56-51)43-15-5-7-19-48(43)55(49-20-9-18-46-44-16-6-8-22-52(44)57-54(46)49)40-28-25-34(26-29-40)38-27-30-42-39(31-38)24-23-35-11-3-4-14-41(35)42/h1-33,44,52H. The van der Waals surface area contributed by atoms with Gasteiger partial charge < -0.3 is 9.32 Å². The van der Waals surface area contributed by atoms with E-state index in [1.165, 1.54) is 59.6 Å². The van der Waals surface area contributed by atoms with Gasteiger partial charge in [-0.1, -0.05) is 152 Å². The van der Waals surface area contributed by atoms with Gasteiger partial charge in [-0.05, 0) is 103 Å². The van der Waals surface area contributed by atoms with Crippen molar-refractivity contribution >= 4 is 83.1 Å². The number of para-hydroxylation sites is 1. The van der Waals surface area contributed by atoms with E-state index in [2.05, 4.69) is 205 Å². The summed E-state index contributed by atoms with van der Waals surface area (Å²) < 4.78 is 6.58. The summed E-state index contributed by atoms with van der Waals surface area (Å²) in [4.78, 5) is 3.82. The molecule has 1 aliphatic heterocycles. The molecule has 0 N–H and O–H groups in total. The number of fused-ring (bicyclic) bond motifs is 10. The summed E-state index contributed by atoms with van der Waals surface area (Å²) in [6, 6.07) is 64.3. The molecule has 0 saturated carbocycles. The summed E-state index contributed by atoms with van der Waals surface area (Å²) in [6.45, 7) is 0. The first-order valence-electron chi connectivity index (χ1n) is 19.7. The second-order valence-corrected chi connectivity index (χ2v) is 16.4. The van der Waals surface area contributed by atoms with Crippen LogP contribution in [0.2, 0.25) is 0 Å². The third kappa shape index (κ3) is 5.20.